The molecular formula is C24H21N5O4. The maximum absolute atomic E-state index is 12.9. The average molecular weight is 443 g/mol. The lowest BCUT2D eigenvalue weighted by atomic mass is 10.1. The maximum atomic E-state index is 12.9. The number of rotatable bonds is 4. The van der Waals surface area contributed by atoms with Crippen LogP contribution in [0.1, 0.15) is 26.4 Å². The summed E-state index contributed by atoms with van der Waals surface area (Å²) in [5, 5.41) is 5.81. The molecule has 9 heteroatoms. The summed E-state index contributed by atoms with van der Waals surface area (Å²) in [6.45, 7) is 1.73. The largest absolute Gasteiger partial charge is 0.332 e. The Balaban J connectivity index is 1.63. The zero-order valence-corrected chi connectivity index (χ0v) is 18.2. The molecule has 2 aromatic heterocycles. The van der Waals surface area contributed by atoms with Crippen molar-refractivity contribution in [2.24, 2.45) is 14.1 Å². The highest BCUT2D eigenvalue weighted by Crippen LogP contribution is 2.21. The molecule has 2 amide bonds. The lowest BCUT2D eigenvalue weighted by Crippen LogP contribution is -2.37. The van der Waals surface area contributed by atoms with Gasteiger partial charge in [0.2, 0.25) is 0 Å². The van der Waals surface area contributed by atoms with Gasteiger partial charge in [0.15, 0.2) is 0 Å². The van der Waals surface area contributed by atoms with Crippen LogP contribution in [0.25, 0.3) is 11.0 Å². The van der Waals surface area contributed by atoms with Gasteiger partial charge < -0.3 is 10.6 Å². The molecule has 166 valence electrons. The van der Waals surface area contributed by atoms with E-state index in [1.807, 2.05) is 18.2 Å². The molecule has 0 aliphatic rings. The molecular weight excluding hydrogens is 422 g/mol. The molecule has 0 bridgehead atoms. The second-order valence-corrected chi connectivity index (χ2v) is 7.53. The van der Waals surface area contributed by atoms with E-state index in [0.29, 0.717) is 22.5 Å². The first kappa shape index (κ1) is 21.7. The first-order valence-corrected chi connectivity index (χ1v) is 10.1. The van der Waals surface area contributed by atoms with Gasteiger partial charge in [-0.1, -0.05) is 24.3 Å². The summed E-state index contributed by atoms with van der Waals surface area (Å²) < 4.78 is 2.20. The first-order valence-electron chi connectivity index (χ1n) is 10.1. The number of fused-ring (bicyclic) bond motifs is 1. The van der Waals surface area contributed by atoms with E-state index in [9.17, 15) is 19.2 Å². The number of pyridine rings is 1. The number of hydrogen-bond donors (Lipinski definition) is 2. The number of aryl methyl sites for hydroxylation is 1. The lowest BCUT2D eigenvalue weighted by molar-refractivity contribution is 0.101. The molecule has 0 radical (unpaired) electrons. The molecule has 2 aromatic carbocycles. The highest BCUT2D eigenvalue weighted by molar-refractivity contribution is 6.08. The molecule has 0 aliphatic heterocycles. The van der Waals surface area contributed by atoms with Crippen LogP contribution in [0.3, 0.4) is 0 Å². The third kappa shape index (κ3) is 4.03. The predicted octanol–water partition coefficient (Wildman–Crippen LogP) is 2.45. The number of carbonyl (C=O) groups is 2. The SMILES string of the molecule is Cc1c(NC(=O)c2ccc3c(=O)n(C)c(=O)n(C)c3n2)cccc1C(=O)Nc1ccccc1. The van der Waals surface area contributed by atoms with E-state index in [2.05, 4.69) is 15.6 Å². The number of nitrogens with one attached hydrogen (secondary N) is 2. The van der Waals surface area contributed by atoms with Crippen LogP contribution in [-0.4, -0.2) is 25.9 Å². The summed E-state index contributed by atoms with van der Waals surface area (Å²) >= 11 is 0. The molecule has 4 aromatic rings. The fourth-order valence-electron chi connectivity index (χ4n) is 3.50. The van der Waals surface area contributed by atoms with E-state index in [4.69, 9.17) is 0 Å². The quantitative estimate of drug-likeness (QED) is 0.503. The minimum atomic E-state index is -0.537. The van der Waals surface area contributed by atoms with E-state index < -0.39 is 17.2 Å². The Morgan fingerprint density at radius 2 is 1.55 bits per heavy atom. The average Bonchev–Trinajstić information content (AvgIpc) is 2.82. The first-order chi connectivity index (χ1) is 15.8. The Labute approximate surface area is 188 Å². The Kier molecular flexibility index (Phi) is 5.61. The Bertz CT molecular complexity index is 1520. The van der Waals surface area contributed by atoms with Crippen LogP contribution in [0.5, 0.6) is 0 Å². The third-order valence-corrected chi connectivity index (χ3v) is 5.39. The number of anilines is 2. The summed E-state index contributed by atoms with van der Waals surface area (Å²) in [5.74, 6) is -0.835. The summed E-state index contributed by atoms with van der Waals surface area (Å²) in [5.41, 5.74) is 1.23. The Hall–Kier alpha value is -4.53. The zero-order chi connectivity index (χ0) is 23.7. The van der Waals surface area contributed by atoms with Crippen LogP contribution in [0, 0.1) is 6.92 Å². The van der Waals surface area contributed by atoms with Crippen LogP contribution < -0.4 is 21.9 Å². The summed E-state index contributed by atoms with van der Waals surface area (Å²) in [6, 6.07) is 17.0. The minimum Gasteiger partial charge on any atom is -0.322 e. The van der Waals surface area contributed by atoms with Crippen molar-refractivity contribution in [2.75, 3.05) is 10.6 Å². The van der Waals surface area contributed by atoms with Crippen molar-refractivity contribution >= 4 is 34.2 Å². The zero-order valence-electron chi connectivity index (χ0n) is 18.2. The molecule has 0 atom stereocenters. The lowest BCUT2D eigenvalue weighted by Gasteiger charge is -2.13. The van der Waals surface area contributed by atoms with Crippen molar-refractivity contribution in [3.8, 4) is 0 Å². The summed E-state index contributed by atoms with van der Waals surface area (Å²) in [7, 11) is 2.87. The smallest absolute Gasteiger partial charge is 0.322 e. The molecule has 0 fully saturated rings. The standard InChI is InChI=1S/C24H21N5O4/c1-14-16(21(30)25-15-8-5-4-6-9-15)10-7-11-18(14)27-22(31)19-13-12-17-20(26-19)28(2)24(33)29(3)23(17)32/h4-13H,1-3H3,(H,25,30)(H,27,31). The van der Waals surface area contributed by atoms with Crippen molar-refractivity contribution in [1.82, 2.24) is 14.1 Å². The number of para-hydroxylation sites is 1. The minimum absolute atomic E-state index is 0.0318. The van der Waals surface area contributed by atoms with Gasteiger partial charge >= 0.3 is 5.69 Å². The molecule has 2 N–H and O–H groups in total. The van der Waals surface area contributed by atoms with E-state index in [1.54, 1.807) is 37.3 Å². The van der Waals surface area contributed by atoms with E-state index in [1.165, 1.54) is 30.8 Å². The van der Waals surface area contributed by atoms with Crippen molar-refractivity contribution in [2.45, 2.75) is 6.92 Å². The van der Waals surface area contributed by atoms with Crippen LogP contribution in [0.2, 0.25) is 0 Å². The van der Waals surface area contributed by atoms with Crippen LogP contribution in [0.4, 0.5) is 11.4 Å². The Morgan fingerprint density at radius 1 is 0.818 bits per heavy atom. The van der Waals surface area contributed by atoms with Gasteiger partial charge in [0.05, 0.1) is 5.39 Å². The monoisotopic (exact) mass is 443 g/mol. The van der Waals surface area contributed by atoms with Gasteiger partial charge in [0.25, 0.3) is 17.4 Å². The molecule has 0 saturated heterocycles. The van der Waals surface area contributed by atoms with Crippen molar-refractivity contribution in [3.63, 3.8) is 0 Å². The van der Waals surface area contributed by atoms with Gasteiger partial charge in [0.1, 0.15) is 11.3 Å². The molecule has 0 unspecified atom stereocenters. The fraction of sp³-hybridized carbons (Fsp3) is 0.125. The normalized spacial score (nSPS) is 10.8. The second kappa shape index (κ2) is 8.54. The van der Waals surface area contributed by atoms with Crippen molar-refractivity contribution < 1.29 is 9.59 Å². The van der Waals surface area contributed by atoms with Gasteiger partial charge in [-0.2, -0.15) is 0 Å². The van der Waals surface area contributed by atoms with Gasteiger partial charge in [-0.15, -0.1) is 0 Å². The van der Waals surface area contributed by atoms with Gasteiger partial charge in [0, 0.05) is 31.0 Å². The molecule has 0 spiro atoms. The van der Waals surface area contributed by atoms with Crippen molar-refractivity contribution in [1.29, 1.82) is 0 Å². The van der Waals surface area contributed by atoms with Gasteiger partial charge in [-0.05, 0) is 48.9 Å². The van der Waals surface area contributed by atoms with E-state index >= 15 is 0 Å². The molecule has 0 aliphatic carbocycles. The van der Waals surface area contributed by atoms with Crippen LogP contribution in [0.15, 0.2) is 70.3 Å². The maximum Gasteiger partial charge on any atom is 0.332 e. The van der Waals surface area contributed by atoms with Gasteiger partial charge in [-0.25, -0.2) is 9.78 Å². The number of benzene rings is 2. The molecule has 2 heterocycles. The summed E-state index contributed by atoms with van der Waals surface area (Å²) in [6.07, 6.45) is 0. The summed E-state index contributed by atoms with van der Waals surface area (Å²) in [4.78, 5) is 54.4. The topological polar surface area (TPSA) is 115 Å². The number of nitrogens with zero attached hydrogens (tertiary/aromatic N) is 3. The fourth-order valence-corrected chi connectivity index (χ4v) is 3.50. The van der Waals surface area contributed by atoms with E-state index in [0.717, 1.165) is 4.57 Å². The molecule has 9 nitrogen and oxygen atoms in total. The van der Waals surface area contributed by atoms with Crippen molar-refractivity contribution in [3.05, 3.63) is 98.3 Å². The molecule has 4 rings (SSSR count). The number of carbonyl (C=O) groups excluding carboxylic acids is 2. The van der Waals surface area contributed by atoms with Gasteiger partial charge in [-0.3, -0.25) is 23.5 Å². The highest BCUT2D eigenvalue weighted by atomic mass is 16.2. The second-order valence-electron chi connectivity index (χ2n) is 7.53. The predicted molar refractivity (Wildman–Crippen MR) is 126 cm³/mol. The molecule has 0 saturated carbocycles. The number of aromatic nitrogens is 3. The Morgan fingerprint density at radius 3 is 2.27 bits per heavy atom. The third-order valence-electron chi connectivity index (χ3n) is 5.39. The van der Waals surface area contributed by atoms with E-state index in [-0.39, 0.29) is 22.6 Å². The van der Waals surface area contributed by atoms with Crippen LogP contribution in [-0.2, 0) is 14.1 Å². The highest BCUT2D eigenvalue weighted by Gasteiger charge is 2.17. The number of amides is 2. The molecule has 33 heavy (non-hydrogen) atoms. The van der Waals surface area contributed by atoms with Crippen LogP contribution >= 0.6 is 0 Å². The number of hydrogen-bond acceptors (Lipinski definition) is 5.